The van der Waals surface area contributed by atoms with Gasteiger partial charge in [-0.3, -0.25) is 4.79 Å². The van der Waals surface area contributed by atoms with Gasteiger partial charge in [0, 0.05) is 28.7 Å². The summed E-state index contributed by atoms with van der Waals surface area (Å²) in [7, 11) is 1.57. The van der Waals surface area contributed by atoms with E-state index in [1.807, 2.05) is 31.2 Å². The van der Waals surface area contributed by atoms with E-state index in [1.165, 1.54) is 23.6 Å². The number of ether oxygens (including phenoxy) is 1. The molecule has 5 aromatic rings. The van der Waals surface area contributed by atoms with E-state index in [2.05, 4.69) is 35.6 Å². The van der Waals surface area contributed by atoms with Crippen LogP contribution >= 0.6 is 0 Å². The first-order valence-corrected chi connectivity index (χ1v) is 10.9. The number of carbonyl (C=O) groups excluding carboxylic acids is 1. The average Bonchev–Trinajstić information content (AvgIpc) is 3.27. The topological polar surface area (TPSA) is 51.5 Å². The summed E-state index contributed by atoms with van der Waals surface area (Å²) >= 11 is 0. The lowest BCUT2D eigenvalue weighted by molar-refractivity contribution is -0.111. The Morgan fingerprint density at radius 3 is 2.53 bits per heavy atom. The number of amides is 1. The second-order valence-electron chi connectivity index (χ2n) is 8.06. The molecule has 1 N–H and O–H groups in total. The first kappa shape index (κ1) is 21.5. The van der Waals surface area contributed by atoms with Crippen LogP contribution in [-0.2, 0) is 4.79 Å². The summed E-state index contributed by atoms with van der Waals surface area (Å²) in [5.41, 5.74) is 4.24. The van der Waals surface area contributed by atoms with Crippen LogP contribution in [0.25, 0.3) is 38.4 Å². The number of benzene rings is 4. The SMILES string of the molecule is COc1cc2occ(-c3ccc4ccccc4c3)c2cc1/C(C)=C/C(=O)Nc1ccccc1F. The summed E-state index contributed by atoms with van der Waals surface area (Å²) in [6.07, 6.45) is 3.17. The molecule has 34 heavy (non-hydrogen) atoms. The minimum Gasteiger partial charge on any atom is -0.496 e. The molecule has 0 saturated carbocycles. The van der Waals surface area contributed by atoms with Crippen molar-refractivity contribution in [3.63, 3.8) is 0 Å². The molecule has 5 heteroatoms. The standard InChI is InChI=1S/C29H22FNO3/c1-18(13-29(32)31-26-10-6-5-9-25(26)30)22-15-23-24(17-34-28(23)16-27(22)33-2)21-12-11-19-7-3-4-8-20(19)14-21/h3-17H,1-2H3,(H,31,32)/b18-13+. The summed E-state index contributed by atoms with van der Waals surface area (Å²) in [4.78, 5) is 12.6. The molecule has 0 bridgehead atoms. The molecule has 0 aliphatic rings. The number of hydrogen-bond acceptors (Lipinski definition) is 3. The third kappa shape index (κ3) is 4.04. The van der Waals surface area contributed by atoms with Gasteiger partial charge in [-0.25, -0.2) is 4.39 Å². The summed E-state index contributed by atoms with van der Waals surface area (Å²) in [5.74, 6) is -0.328. The van der Waals surface area contributed by atoms with Gasteiger partial charge in [-0.1, -0.05) is 48.5 Å². The Morgan fingerprint density at radius 1 is 0.971 bits per heavy atom. The van der Waals surface area contributed by atoms with E-state index >= 15 is 0 Å². The highest BCUT2D eigenvalue weighted by Gasteiger charge is 2.15. The fourth-order valence-corrected chi connectivity index (χ4v) is 4.12. The van der Waals surface area contributed by atoms with Crippen molar-refractivity contribution in [3.8, 4) is 16.9 Å². The molecule has 0 fully saturated rings. The molecule has 0 aliphatic carbocycles. The second kappa shape index (κ2) is 8.87. The van der Waals surface area contributed by atoms with Gasteiger partial charge in [0.1, 0.15) is 17.1 Å². The fourth-order valence-electron chi connectivity index (χ4n) is 4.12. The summed E-state index contributed by atoms with van der Waals surface area (Å²) in [6.45, 7) is 1.82. The predicted octanol–water partition coefficient (Wildman–Crippen LogP) is 7.44. The first-order chi connectivity index (χ1) is 16.5. The largest absolute Gasteiger partial charge is 0.496 e. The zero-order chi connectivity index (χ0) is 23.7. The quantitative estimate of drug-likeness (QED) is 0.283. The molecular formula is C29H22FNO3. The molecule has 0 atom stereocenters. The molecule has 0 aliphatic heterocycles. The predicted molar refractivity (Wildman–Crippen MR) is 134 cm³/mol. The molecule has 0 saturated heterocycles. The molecule has 0 radical (unpaired) electrons. The van der Waals surface area contributed by atoms with E-state index in [0.717, 1.165) is 27.5 Å². The van der Waals surface area contributed by atoms with Gasteiger partial charge in [0.05, 0.1) is 19.1 Å². The van der Waals surface area contributed by atoms with E-state index in [9.17, 15) is 9.18 Å². The Kier molecular flexibility index (Phi) is 5.60. The van der Waals surface area contributed by atoms with Crippen LogP contribution in [0.1, 0.15) is 12.5 Å². The van der Waals surface area contributed by atoms with Gasteiger partial charge in [-0.2, -0.15) is 0 Å². The number of hydrogen-bond donors (Lipinski definition) is 1. The van der Waals surface area contributed by atoms with Gasteiger partial charge in [0.15, 0.2) is 0 Å². The van der Waals surface area contributed by atoms with Gasteiger partial charge in [0.2, 0.25) is 5.91 Å². The van der Waals surface area contributed by atoms with Gasteiger partial charge in [0.25, 0.3) is 0 Å². The van der Waals surface area contributed by atoms with E-state index in [4.69, 9.17) is 9.15 Å². The van der Waals surface area contributed by atoms with Gasteiger partial charge < -0.3 is 14.5 Å². The number of rotatable bonds is 5. The highest BCUT2D eigenvalue weighted by molar-refractivity contribution is 6.05. The minimum atomic E-state index is -0.487. The molecule has 0 unspecified atom stereocenters. The van der Waals surface area contributed by atoms with Crippen LogP contribution < -0.4 is 10.1 Å². The summed E-state index contributed by atoms with van der Waals surface area (Å²) < 4.78 is 25.3. The monoisotopic (exact) mass is 451 g/mol. The Balaban J connectivity index is 1.54. The number of halogens is 1. The van der Waals surface area contributed by atoms with Crippen molar-refractivity contribution in [2.75, 3.05) is 12.4 Å². The number of para-hydroxylation sites is 1. The Labute approximate surface area is 196 Å². The Morgan fingerprint density at radius 2 is 1.74 bits per heavy atom. The van der Waals surface area contributed by atoms with Crippen molar-refractivity contribution in [3.05, 3.63) is 103 Å². The maximum Gasteiger partial charge on any atom is 0.248 e. The Bertz CT molecular complexity index is 1560. The van der Waals surface area contributed by atoms with E-state index in [1.54, 1.807) is 25.5 Å². The van der Waals surface area contributed by atoms with Gasteiger partial charge in [-0.15, -0.1) is 0 Å². The number of nitrogens with one attached hydrogen (secondary N) is 1. The first-order valence-electron chi connectivity index (χ1n) is 10.9. The summed E-state index contributed by atoms with van der Waals surface area (Å²) in [5, 5.41) is 5.81. The second-order valence-corrected chi connectivity index (χ2v) is 8.06. The third-order valence-electron chi connectivity index (χ3n) is 5.86. The van der Waals surface area contributed by atoms with Crippen LogP contribution in [0, 0.1) is 5.82 Å². The number of allylic oxidation sites excluding steroid dienone is 1. The van der Waals surface area contributed by atoms with E-state index in [-0.39, 0.29) is 5.69 Å². The minimum absolute atomic E-state index is 0.132. The number of methoxy groups -OCH3 is 1. The van der Waals surface area contributed by atoms with E-state index < -0.39 is 11.7 Å². The molecule has 5 rings (SSSR count). The van der Waals surface area contributed by atoms with Gasteiger partial charge in [-0.05, 0) is 53.1 Å². The number of fused-ring (bicyclic) bond motifs is 2. The fraction of sp³-hybridized carbons (Fsp3) is 0.0690. The molecule has 168 valence electrons. The number of furan rings is 1. The maximum absolute atomic E-state index is 13.9. The van der Waals surface area contributed by atoms with Crippen molar-refractivity contribution in [2.45, 2.75) is 6.92 Å². The summed E-state index contributed by atoms with van der Waals surface area (Å²) in [6, 6.07) is 24.3. The average molecular weight is 451 g/mol. The van der Waals surface area contributed by atoms with Crippen LogP contribution in [0.3, 0.4) is 0 Å². The van der Waals surface area contributed by atoms with Gasteiger partial charge >= 0.3 is 0 Å². The lowest BCUT2D eigenvalue weighted by Crippen LogP contribution is -2.10. The van der Waals surface area contributed by atoms with Crippen molar-refractivity contribution in [2.24, 2.45) is 0 Å². The van der Waals surface area contributed by atoms with Crippen molar-refractivity contribution >= 4 is 38.9 Å². The molecule has 1 aromatic heterocycles. The van der Waals surface area contributed by atoms with Crippen LogP contribution in [0.15, 0.2) is 95.6 Å². The highest BCUT2D eigenvalue weighted by atomic mass is 19.1. The lowest BCUT2D eigenvalue weighted by Gasteiger charge is -2.10. The lowest BCUT2D eigenvalue weighted by atomic mass is 9.97. The number of carbonyl (C=O) groups is 1. The van der Waals surface area contributed by atoms with Crippen molar-refractivity contribution < 1.29 is 18.3 Å². The van der Waals surface area contributed by atoms with Crippen LogP contribution in [0.4, 0.5) is 10.1 Å². The molecule has 4 aromatic carbocycles. The van der Waals surface area contributed by atoms with E-state index in [0.29, 0.717) is 16.9 Å². The molecular weight excluding hydrogens is 429 g/mol. The maximum atomic E-state index is 13.9. The zero-order valence-electron chi connectivity index (χ0n) is 18.8. The molecule has 0 spiro atoms. The zero-order valence-corrected chi connectivity index (χ0v) is 18.8. The van der Waals surface area contributed by atoms with Crippen molar-refractivity contribution in [1.82, 2.24) is 0 Å². The number of anilines is 1. The van der Waals surface area contributed by atoms with Crippen molar-refractivity contribution in [1.29, 1.82) is 0 Å². The van der Waals surface area contributed by atoms with Crippen LogP contribution in [-0.4, -0.2) is 13.0 Å². The van der Waals surface area contributed by atoms with Crippen LogP contribution in [0.5, 0.6) is 5.75 Å². The smallest absolute Gasteiger partial charge is 0.248 e. The molecule has 1 amide bonds. The van der Waals surface area contributed by atoms with Crippen LogP contribution in [0.2, 0.25) is 0 Å². The normalized spacial score (nSPS) is 11.7. The third-order valence-corrected chi connectivity index (χ3v) is 5.86. The molecule has 1 heterocycles. The highest BCUT2D eigenvalue weighted by Crippen LogP contribution is 2.38. The molecule has 4 nitrogen and oxygen atoms in total. The Hall–Kier alpha value is -4.38.